The summed E-state index contributed by atoms with van der Waals surface area (Å²) in [5.41, 5.74) is 0. The van der Waals surface area contributed by atoms with Gasteiger partial charge in [0.2, 0.25) is 0 Å². The van der Waals surface area contributed by atoms with Crippen LogP contribution in [-0.2, 0) is 0 Å². The summed E-state index contributed by atoms with van der Waals surface area (Å²) in [6.45, 7) is 5.97. The van der Waals surface area contributed by atoms with E-state index < -0.39 is 0 Å². The molecular weight excluding hydrogens is 180 g/mol. The molecule has 1 aliphatic heterocycles. The molecule has 78 valence electrons. The van der Waals surface area contributed by atoms with Crippen molar-refractivity contribution in [3.63, 3.8) is 0 Å². The first-order valence-corrected chi connectivity index (χ1v) is 4.97. The third-order valence-corrected chi connectivity index (χ3v) is 2.74. The second-order valence-corrected chi connectivity index (χ2v) is 3.86. The fourth-order valence-corrected chi connectivity index (χ4v) is 1.76. The van der Waals surface area contributed by atoms with E-state index >= 15 is 0 Å². The van der Waals surface area contributed by atoms with Gasteiger partial charge in [0.1, 0.15) is 11.6 Å². The molecule has 0 spiro atoms. The Kier molecular flexibility index (Phi) is 2.52. The van der Waals surface area contributed by atoms with E-state index in [9.17, 15) is 0 Å². The summed E-state index contributed by atoms with van der Waals surface area (Å²) in [6.07, 6.45) is 0. The van der Waals surface area contributed by atoms with E-state index in [1.165, 1.54) is 0 Å². The van der Waals surface area contributed by atoms with Crippen LogP contribution in [0.1, 0.15) is 30.5 Å². The van der Waals surface area contributed by atoms with Gasteiger partial charge in [-0.05, 0) is 13.8 Å². The van der Waals surface area contributed by atoms with Crippen molar-refractivity contribution >= 4 is 0 Å². The lowest BCUT2D eigenvalue weighted by molar-refractivity contribution is 0.231. The topological polar surface area (TPSA) is 63.0 Å². The highest BCUT2D eigenvalue weighted by Gasteiger charge is 2.26. The fraction of sp³-hybridized carbons (Fsp3) is 0.778. The SMILES string of the molecule is Cc1nnc(C2CNC2)n1C(C)CO. The number of nitrogens with one attached hydrogen (secondary N) is 1. The fourth-order valence-electron chi connectivity index (χ4n) is 1.76. The van der Waals surface area contributed by atoms with E-state index in [1.54, 1.807) is 0 Å². The minimum absolute atomic E-state index is 0.0700. The van der Waals surface area contributed by atoms with Crippen LogP contribution in [0.4, 0.5) is 0 Å². The van der Waals surface area contributed by atoms with Crippen LogP contribution in [0.2, 0.25) is 0 Å². The molecule has 0 aromatic carbocycles. The molecule has 0 saturated carbocycles. The second-order valence-electron chi connectivity index (χ2n) is 3.86. The molecule has 2 rings (SSSR count). The van der Waals surface area contributed by atoms with Gasteiger partial charge in [0.05, 0.1) is 12.6 Å². The van der Waals surface area contributed by atoms with Crippen LogP contribution in [0.25, 0.3) is 0 Å². The zero-order valence-corrected chi connectivity index (χ0v) is 8.56. The predicted molar refractivity (Wildman–Crippen MR) is 52.2 cm³/mol. The highest BCUT2D eigenvalue weighted by Crippen LogP contribution is 2.21. The van der Waals surface area contributed by atoms with Gasteiger partial charge >= 0.3 is 0 Å². The summed E-state index contributed by atoms with van der Waals surface area (Å²) >= 11 is 0. The molecule has 1 atom stereocenters. The normalized spacial score (nSPS) is 19.4. The van der Waals surface area contributed by atoms with E-state index in [1.807, 2.05) is 18.4 Å². The van der Waals surface area contributed by atoms with E-state index in [-0.39, 0.29) is 12.6 Å². The number of aryl methyl sites for hydroxylation is 1. The molecule has 0 aliphatic carbocycles. The lowest BCUT2D eigenvalue weighted by Gasteiger charge is -2.28. The van der Waals surface area contributed by atoms with Gasteiger partial charge in [-0.25, -0.2) is 0 Å². The van der Waals surface area contributed by atoms with Crippen LogP contribution in [0, 0.1) is 6.92 Å². The van der Waals surface area contributed by atoms with E-state index in [0.717, 1.165) is 24.7 Å². The molecule has 0 bridgehead atoms. The Hall–Kier alpha value is -0.940. The van der Waals surface area contributed by atoms with Gasteiger partial charge in [-0.1, -0.05) is 0 Å². The molecule has 2 N–H and O–H groups in total. The Balaban J connectivity index is 2.29. The van der Waals surface area contributed by atoms with Crippen LogP contribution in [0.5, 0.6) is 0 Å². The lowest BCUT2D eigenvalue weighted by Crippen LogP contribution is -2.41. The molecule has 1 unspecified atom stereocenters. The third-order valence-electron chi connectivity index (χ3n) is 2.74. The first kappa shape index (κ1) is 9.61. The highest BCUT2D eigenvalue weighted by atomic mass is 16.3. The first-order valence-electron chi connectivity index (χ1n) is 4.97. The minimum Gasteiger partial charge on any atom is -0.394 e. The molecule has 1 aromatic rings. The number of aliphatic hydroxyl groups excluding tert-OH is 1. The number of hydrogen-bond acceptors (Lipinski definition) is 4. The maximum absolute atomic E-state index is 9.14. The van der Waals surface area contributed by atoms with Crippen molar-refractivity contribution in [1.82, 2.24) is 20.1 Å². The van der Waals surface area contributed by atoms with Crippen LogP contribution in [0.15, 0.2) is 0 Å². The molecular formula is C9H16N4O. The van der Waals surface area contributed by atoms with Crippen molar-refractivity contribution in [3.8, 4) is 0 Å². The molecule has 5 heteroatoms. The molecule has 14 heavy (non-hydrogen) atoms. The first-order chi connectivity index (χ1) is 6.74. The number of hydrogen-bond donors (Lipinski definition) is 2. The van der Waals surface area contributed by atoms with E-state index in [0.29, 0.717) is 5.92 Å². The molecule has 0 amide bonds. The zero-order chi connectivity index (χ0) is 10.1. The molecule has 1 aliphatic rings. The average molecular weight is 196 g/mol. The zero-order valence-electron chi connectivity index (χ0n) is 8.56. The monoisotopic (exact) mass is 196 g/mol. The summed E-state index contributed by atoms with van der Waals surface area (Å²) in [5, 5.41) is 20.6. The number of aromatic nitrogens is 3. The largest absolute Gasteiger partial charge is 0.394 e. The lowest BCUT2D eigenvalue weighted by atomic mass is 10.0. The van der Waals surface area contributed by atoms with Gasteiger partial charge < -0.3 is 15.0 Å². The molecule has 2 heterocycles. The molecule has 1 aromatic heterocycles. The number of rotatable bonds is 3. The van der Waals surface area contributed by atoms with Crippen molar-refractivity contribution in [3.05, 3.63) is 11.6 Å². The molecule has 0 radical (unpaired) electrons. The summed E-state index contributed by atoms with van der Waals surface area (Å²) in [7, 11) is 0. The van der Waals surface area contributed by atoms with E-state index in [4.69, 9.17) is 5.11 Å². The Morgan fingerprint density at radius 3 is 2.79 bits per heavy atom. The quantitative estimate of drug-likeness (QED) is 0.704. The molecule has 1 fully saturated rings. The van der Waals surface area contributed by atoms with Crippen molar-refractivity contribution < 1.29 is 5.11 Å². The Morgan fingerprint density at radius 2 is 2.29 bits per heavy atom. The van der Waals surface area contributed by atoms with Gasteiger partial charge in [-0.15, -0.1) is 10.2 Å². The third kappa shape index (κ3) is 1.42. The van der Waals surface area contributed by atoms with Crippen molar-refractivity contribution in [1.29, 1.82) is 0 Å². The minimum atomic E-state index is 0.0700. The van der Waals surface area contributed by atoms with Crippen LogP contribution >= 0.6 is 0 Å². The highest BCUT2D eigenvalue weighted by molar-refractivity contribution is 5.08. The maximum atomic E-state index is 9.14. The molecule has 1 saturated heterocycles. The van der Waals surface area contributed by atoms with Gasteiger partial charge in [-0.3, -0.25) is 0 Å². The summed E-state index contributed by atoms with van der Waals surface area (Å²) in [4.78, 5) is 0. The van der Waals surface area contributed by atoms with Crippen LogP contribution < -0.4 is 5.32 Å². The Bertz CT molecular complexity index is 319. The van der Waals surface area contributed by atoms with Crippen molar-refractivity contribution in [2.24, 2.45) is 0 Å². The van der Waals surface area contributed by atoms with Gasteiger partial charge in [-0.2, -0.15) is 0 Å². The van der Waals surface area contributed by atoms with Crippen molar-refractivity contribution in [2.75, 3.05) is 19.7 Å². The maximum Gasteiger partial charge on any atom is 0.139 e. The van der Waals surface area contributed by atoms with E-state index in [2.05, 4.69) is 15.5 Å². The smallest absolute Gasteiger partial charge is 0.139 e. The second kappa shape index (κ2) is 3.67. The number of aliphatic hydroxyl groups is 1. The van der Waals surface area contributed by atoms with Crippen molar-refractivity contribution in [2.45, 2.75) is 25.8 Å². The van der Waals surface area contributed by atoms with Crippen LogP contribution in [-0.4, -0.2) is 39.6 Å². The van der Waals surface area contributed by atoms with Gasteiger partial charge in [0.15, 0.2) is 0 Å². The van der Waals surface area contributed by atoms with Gasteiger partial charge in [0, 0.05) is 19.0 Å². The average Bonchev–Trinajstić information content (AvgIpc) is 2.44. The summed E-state index contributed by atoms with van der Waals surface area (Å²) in [5.74, 6) is 2.35. The molecule has 5 nitrogen and oxygen atoms in total. The van der Waals surface area contributed by atoms with Crippen LogP contribution in [0.3, 0.4) is 0 Å². The summed E-state index contributed by atoms with van der Waals surface area (Å²) < 4.78 is 2.03. The number of nitrogens with zero attached hydrogens (tertiary/aromatic N) is 3. The summed E-state index contributed by atoms with van der Waals surface area (Å²) in [6, 6.07) is 0.0700. The Labute approximate surface area is 83.2 Å². The van der Waals surface area contributed by atoms with Gasteiger partial charge in [0.25, 0.3) is 0 Å². The predicted octanol–water partition coefficient (Wildman–Crippen LogP) is -0.173. The Morgan fingerprint density at radius 1 is 1.57 bits per heavy atom. The standard InChI is InChI=1S/C9H16N4O/c1-6(5-14)13-7(2)11-12-9(13)8-3-10-4-8/h6,8,10,14H,3-5H2,1-2H3.